The first-order valence-corrected chi connectivity index (χ1v) is 7.19. The van der Waals surface area contributed by atoms with E-state index >= 15 is 0 Å². The van der Waals surface area contributed by atoms with Crippen LogP contribution in [0.5, 0.6) is 0 Å². The number of rotatable bonds is 8. The Balaban J connectivity index is 1.81. The Kier molecular flexibility index (Phi) is 4.26. The maximum absolute atomic E-state index is 3.70. The molecule has 1 atom stereocenters. The summed E-state index contributed by atoms with van der Waals surface area (Å²) < 4.78 is 0. The van der Waals surface area contributed by atoms with Gasteiger partial charge in [-0.05, 0) is 38.0 Å². The van der Waals surface area contributed by atoms with E-state index in [-0.39, 0.29) is 0 Å². The van der Waals surface area contributed by atoms with Crippen molar-refractivity contribution in [1.82, 2.24) is 10.2 Å². The fourth-order valence-electron chi connectivity index (χ4n) is 2.51. The molecule has 1 unspecified atom stereocenters. The molecule has 1 N–H and O–H groups in total. The zero-order chi connectivity index (χ0) is 11.5. The Morgan fingerprint density at radius 1 is 1.19 bits per heavy atom. The van der Waals surface area contributed by atoms with E-state index in [2.05, 4.69) is 31.0 Å². The molecule has 0 aromatic heterocycles. The van der Waals surface area contributed by atoms with Crippen LogP contribution in [-0.4, -0.2) is 36.1 Å². The minimum absolute atomic E-state index is 0.774. The summed E-state index contributed by atoms with van der Waals surface area (Å²) >= 11 is 0. The molecule has 2 aliphatic rings. The monoisotopic (exact) mass is 224 g/mol. The van der Waals surface area contributed by atoms with E-state index in [0.717, 1.165) is 24.0 Å². The molecule has 2 heteroatoms. The molecule has 0 aliphatic heterocycles. The predicted octanol–water partition coefficient (Wildman–Crippen LogP) is 2.64. The van der Waals surface area contributed by atoms with E-state index in [1.165, 1.54) is 45.2 Å². The third-order valence-corrected chi connectivity index (χ3v) is 3.75. The highest BCUT2D eigenvalue weighted by molar-refractivity contribution is 4.91. The molecule has 2 rings (SSSR count). The van der Waals surface area contributed by atoms with Crippen molar-refractivity contribution >= 4 is 0 Å². The lowest BCUT2D eigenvalue weighted by Crippen LogP contribution is -2.45. The van der Waals surface area contributed by atoms with Crippen LogP contribution in [0.2, 0.25) is 0 Å². The molecular weight excluding hydrogens is 196 g/mol. The van der Waals surface area contributed by atoms with Crippen molar-refractivity contribution in [3.8, 4) is 0 Å². The van der Waals surface area contributed by atoms with E-state index < -0.39 is 0 Å². The van der Waals surface area contributed by atoms with Crippen LogP contribution in [-0.2, 0) is 0 Å². The van der Waals surface area contributed by atoms with Crippen LogP contribution in [0, 0.1) is 5.92 Å². The summed E-state index contributed by atoms with van der Waals surface area (Å²) in [4.78, 5) is 2.78. The fourth-order valence-corrected chi connectivity index (χ4v) is 2.51. The summed E-state index contributed by atoms with van der Waals surface area (Å²) in [5, 5.41) is 3.70. The van der Waals surface area contributed by atoms with Crippen molar-refractivity contribution in [1.29, 1.82) is 0 Å². The van der Waals surface area contributed by atoms with Gasteiger partial charge in [0, 0.05) is 31.2 Å². The molecule has 0 heterocycles. The first-order chi connectivity index (χ1) is 7.70. The third-order valence-electron chi connectivity index (χ3n) is 3.75. The lowest BCUT2D eigenvalue weighted by Gasteiger charge is -2.33. The minimum Gasteiger partial charge on any atom is -0.312 e. The Hall–Kier alpha value is -0.0800. The average Bonchev–Trinajstić information content (AvgIpc) is 3.11. The number of hydrogen-bond acceptors (Lipinski definition) is 2. The average molecular weight is 224 g/mol. The van der Waals surface area contributed by atoms with Gasteiger partial charge in [0.05, 0.1) is 0 Å². The minimum atomic E-state index is 0.774. The molecule has 0 spiro atoms. The zero-order valence-corrected chi connectivity index (χ0v) is 11.2. The summed E-state index contributed by atoms with van der Waals surface area (Å²) in [6, 6.07) is 2.54. The highest BCUT2D eigenvalue weighted by Gasteiger charge is 2.34. The van der Waals surface area contributed by atoms with Crippen LogP contribution in [0.15, 0.2) is 0 Å². The third kappa shape index (κ3) is 3.74. The molecule has 2 saturated carbocycles. The van der Waals surface area contributed by atoms with Gasteiger partial charge in [-0.1, -0.05) is 20.8 Å². The van der Waals surface area contributed by atoms with Crippen molar-refractivity contribution in [2.24, 2.45) is 5.92 Å². The quantitative estimate of drug-likeness (QED) is 0.682. The normalized spacial score (nSPS) is 23.1. The Morgan fingerprint density at radius 2 is 1.88 bits per heavy atom. The molecule has 16 heavy (non-hydrogen) atoms. The van der Waals surface area contributed by atoms with Gasteiger partial charge >= 0.3 is 0 Å². The van der Waals surface area contributed by atoms with Gasteiger partial charge in [-0.3, -0.25) is 4.90 Å². The zero-order valence-electron chi connectivity index (χ0n) is 11.2. The highest BCUT2D eigenvalue weighted by Crippen LogP contribution is 2.30. The predicted molar refractivity (Wildman–Crippen MR) is 69.7 cm³/mol. The smallest absolute Gasteiger partial charge is 0.0221 e. The highest BCUT2D eigenvalue weighted by atomic mass is 15.2. The molecule has 0 aromatic carbocycles. The molecule has 94 valence electrons. The van der Waals surface area contributed by atoms with Crippen molar-refractivity contribution in [3.05, 3.63) is 0 Å². The van der Waals surface area contributed by atoms with Gasteiger partial charge in [0.1, 0.15) is 0 Å². The molecule has 0 bridgehead atoms. The van der Waals surface area contributed by atoms with E-state index in [9.17, 15) is 0 Å². The van der Waals surface area contributed by atoms with E-state index in [4.69, 9.17) is 0 Å². The Labute approximate surface area is 101 Å². The standard InChI is InChI=1S/C14H28N2/c1-4-13(9-15-12-5-6-12)16(10-11(2)3)14-7-8-14/h11-15H,4-10H2,1-3H3. The van der Waals surface area contributed by atoms with Crippen molar-refractivity contribution in [3.63, 3.8) is 0 Å². The van der Waals surface area contributed by atoms with Crippen LogP contribution in [0.25, 0.3) is 0 Å². The van der Waals surface area contributed by atoms with Gasteiger partial charge in [-0.2, -0.15) is 0 Å². The summed E-state index contributed by atoms with van der Waals surface area (Å²) in [6.07, 6.45) is 6.98. The SMILES string of the molecule is CCC(CNC1CC1)N(CC(C)C)C1CC1. The molecule has 2 nitrogen and oxygen atoms in total. The molecule has 0 radical (unpaired) electrons. The second kappa shape index (κ2) is 5.50. The van der Waals surface area contributed by atoms with Crippen molar-refractivity contribution < 1.29 is 0 Å². The number of hydrogen-bond donors (Lipinski definition) is 1. The first kappa shape index (κ1) is 12.4. The summed E-state index contributed by atoms with van der Waals surface area (Å²) in [5.41, 5.74) is 0. The molecule has 0 saturated heterocycles. The Bertz CT molecular complexity index is 207. The lowest BCUT2D eigenvalue weighted by molar-refractivity contribution is 0.157. The topological polar surface area (TPSA) is 15.3 Å². The van der Waals surface area contributed by atoms with Crippen LogP contribution in [0.1, 0.15) is 52.9 Å². The van der Waals surface area contributed by atoms with E-state index in [0.29, 0.717) is 0 Å². The van der Waals surface area contributed by atoms with Gasteiger partial charge in [0.25, 0.3) is 0 Å². The van der Waals surface area contributed by atoms with Crippen molar-refractivity contribution in [2.75, 3.05) is 13.1 Å². The van der Waals surface area contributed by atoms with E-state index in [1.807, 2.05) is 0 Å². The summed E-state index contributed by atoms with van der Waals surface area (Å²) in [7, 11) is 0. The molecule has 0 aromatic rings. The number of nitrogens with zero attached hydrogens (tertiary/aromatic N) is 1. The lowest BCUT2D eigenvalue weighted by atomic mass is 10.1. The molecule has 0 amide bonds. The molecule has 2 fully saturated rings. The second-order valence-electron chi connectivity index (χ2n) is 6.07. The van der Waals surface area contributed by atoms with Crippen LogP contribution in [0.4, 0.5) is 0 Å². The van der Waals surface area contributed by atoms with Gasteiger partial charge in [0.2, 0.25) is 0 Å². The van der Waals surface area contributed by atoms with Gasteiger partial charge in [-0.15, -0.1) is 0 Å². The summed E-state index contributed by atoms with van der Waals surface area (Å²) in [6.45, 7) is 9.53. The molecular formula is C14H28N2. The Morgan fingerprint density at radius 3 is 2.31 bits per heavy atom. The van der Waals surface area contributed by atoms with Gasteiger partial charge in [-0.25, -0.2) is 0 Å². The largest absolute Gasteiger partial charge is 0.312 e. The van der Waals surface area contributed by atoms with Crippen LogP contribution >= 0.6 is 0 Å². The summed E-state index contributed by atoms with van der Waals surface area (Å²) in [5.74, 6) is 0.801. The van der Waals surface area contributed by atoms with Crippen molar-refractivity contribution in [2.45, 2.75) is 71.0 Å². The van der Waals surface area contributed by atoms with Gasteiger partial charge < -0.3 is 5.32 Å². The van der Waals surface area contributed by atoms with Crippen LogP contribution in [0.3, 0.4) is 0 Å². The fraction of sp³-hybridized carbons (Fsp3) is 1.00. The maximum atomic E-state index is 3.70. The van der Waals surface area contributed by atoms with Crippen LogP contribution < -0.4 is 5.32 Å². The first-order valence-electron chi connectivity index (χ1n) is 7.19. The van der Waals surface area contributed by atoms with Gasteiger partial charge in [0.15, 0.2) is 0 Å². The second-order valence-corrected chi connectivity index (χ2v) is 6.07. The number of nitrogens with one attached hydrogen (secondary N) is 1. The molecule has 2 aliphatic carbocycles. The van der Waals surface area contributed by atoms with E-state index in [1.54, 1.807) is 0 Å². The maximum Gasteiger partial charge on any atom is 0.0221 e.